The van der Waals surface area contributed by atoms with Gasteiger partial charge in [0, 0.05) is 5.54 Å². The molecule has 2 fully saturated rings. The lowest BCUT2D eigenvalue weighted by Gasteiger charge is -2.44. The zero-order chi connectivity index (χ0) is 19.0. The topological polar surface area (TPSA) is 12.0 Å². The van der Waals surface area contributed by atoms with E-state index in [0.717, 1.165) is 5.92 Å². The van der Waals surface area contributed by atoms with Gasteiger partial charge in [0.25, 0.3) is 0 Å². The monoisotopic (exact) mass is 368 g/mol. The Labute approximate surface area is 173 Å². The normalized spacial score (nSPS) is 25.1. The average Bonchev–Trinajstić information content (AvgIpc) is 2.69. The average molecular weight is 368 g/mol. The van der Waals surface area contributed by atoms with Crippen LogP contribution in [0.1, 0.15) is 90.4 Å². The van der Waals surface area contributed by atoms with Crippen molar-refractivity contribution in [3.63, 3.8) is 0 Å². The van der Waals surface area contributed by atoms with E-state index in [1.807, 2.05) is 0 Å². The van der Waals surface area contributed by atoms with Crippen LogP contribution in [-0.2, 0) is 0 Å². The molecule has 2 rings (SSSR count). The van der Waals surface area contributed by atoms with E-state index in [-0.39, 0.29) is 0 Å². The summed E-state index contributed by atoms with van der Waals surface area (Å²) >= 11 is 0. The molecule has 1 atom stereocenters. The van der Waals surface area contributed by atoms with Crippen molar-refractivity contribution in [3.8, 4) is 0 Å². The molecular formula is C23H45B3N. The second kappa shape index (κ2) is 15.1. The highest BCUT2D eigenvalue weighted by Crippen LogP contribution is 2.38. The highest BCUT2D eigenvalue weighted by molar-refractivity contribution is 6.35. The zero-order valence-corrected chi connectivity index (χ0v) is 18.5. The van der Waals surface area contributed by atoms with Gasteiger partial charge in [-0.3, -0.25) is 0 Å². The van der Waals surface area contributed by atoms with Gasteiger partial charge in [-0.25, -0.2) is 0 Å². The summed E-state index contributed by atoms with van der Waals surface area (Å²) in [6.45, 7) is 3.54. The Morgan fingerprint density at radius 1 is 0.852 bits per heavy atom. The third-order valence-corrected chi connectivity index (χ3v) is 7.09. The Bertz CT molecular complexity index is 327. The molecule has 1 N–H and O–H groups in total. The van der Waals surface area contributed by atoms with Crippen molar-refractivity contribution in [2.24, 2.45) is 5.92 Å². The van der Waals surface area contributed by atoms with Crippen LogP contribution in [0.15, 0.2) is 0 Å². The van der Waals surface area contributed by atoms with Gasteiger partial charge >= 0.3 is 0 Å². The number of hydrogen-bond donors (Lipinski definition) is 1. The van der Waals surface area contributed by atoms with Crippen LogP contribution in [0, 0.1) is 5.92 Å². The largest absolute Gasteiger partial charge is 0.311 e. The predicted molar refractivity (Wildman–Crippen MR) is 126 cm³/mol. The molecule has 0 aromatic heterocycles. The molecule has 4 heteroatoms. The van der Waals surface area contributed by atoms with Crippen molar-refractivity contribution in [3.05, 3.63) is 0 Å². The number of nitrogens with one attached hydrogen (secondary N) is 1. The van der Waals surface area contributed by atoms with Gasteiger partial charge in [-0.2, -0.15) is 0 Å². The van der Waals surface area contributed by atoms with Gasteiger partial charge in [0.1, 0.15) is 21.8 Å². The van der Waals surface area contributed by atoms with Crippen LogP contribution in [0.3, 0.4) is 0 Å². The number of hydrogen-bond acceptors (Lipinski definition) is 1. The van der Waals surface area contributed by atoms with E-state index in [0.29, 0.717) is 5.54 Å². The quantitative estimate of drug-likeness (QED) is 0.391. The van der Waals surface area contributed by atoms with Crippen molar-refractivity contribution in [1.82, 2.24) is 5.32 Å². The molecule has 2 saturated heterocycles. The Kier molecular flexibility index (Phi) is 13.1. The van der Waals surface area contributed by atoms with E-state index in [1.165, 1.54) is 128 Å². The standard InChI is InChI=1S/C23H45B3N/c1-2-3-15-24-18-8-11-22-12-9-19-26-20-10-21-27-23(22)13-4-6-16-25-17-7-5-14-23/h22,27H,2-21H2,1H3. The van der Waals surface area contributed by atoms with Crippen molar-refractivity contribution < 1.29 is 0 Å². The first-order valence-corrected chi connectivity index (χ1v) is 12.6. The molecular weight excluding hydrogens is 323 g/mol. The minimum absolute atomic E-state index is 0.443. The van der Waals surface area contributed by atoms with Crippen LogP contribution < -0.4 is 5.32 Å². The van der Waals surface area contributed by atoms with Gasteiger partial charge in [0.2, 0.25) is 0 Å². The van der Waals surface area contributed by atoms with Crippen molar-refractivity contribution >= 4 is 21.8 Å². The molecule has 1 spiro atoms. The Balaban J connectivity index is 1.97. The smallest absolute Gasteiger partial charge is 0.109 e. The number of rotatable bonds is 7. The summed E-state index contributed by atoms with van der Waals surface area (Å²) in [5.41, 5.74) is 0.443. The second-order valence-corrected chi connectivity index (χ2v) is 9.28. The molecule has 0 saturated carbocycles. The second-order valence-electron chi connectivity index (χ2n) is 9.28. The first-order chi connectivity index (χ1) is 13.4. The summed E-state index contributed by atoms with van der Waals surface area (Å²) in [4.78, 5) is 0. The Morgan fingerprint density at radius 2 is 1.52 bits per heavy atom. The van der Waals surface area contributed by atoms with Crippen LogP contribution in [-0.4, -0.2) is 33.9 Å². The van der Waals surface area contributed by atoms with Crippen LogP contribution in [0.4, 0.5) is 0 Å². The van der Waals surface area contributed by atoms with E-state index >= 15 is 0 Å². The van der Waals surface area contributed by atoms with Crippen LogP contribution in [0.2, 0.25) is 37.9 Å². The molecule has 2 aliphatic heterocycles. The van der Waals surface area contributed by atoms with Gasteiger partial charge < -0.3 is 5.32 Å². The minimum Gasteiger partial charge on any atom is -0.311 e. The van der Waals surface area contributed by atoms with Gasteiger partial charge in [-0.1, -0.05) is 96.2 Å². The Hall–Kier alpha value is 0.155. The fourth-order valence-electron chi connectivity index (χ4n) is 5.39. The molecule has 151 valence electrons. The van der Waals surface area contributed by atoms with E-state index in [9.17, 15) is 0 Å². The van der Waals surface area contributed by atoms with Crippen molar-refractivity contribution in [2.75, 3.05) is 6.54 Å². The summed E-state index contributed by atoms with van der Waals surface area (Å²) in [7, 11) is 7.68. The summed E-state index contributed by atoms with van der Waals surface area (Å²) in [5.74, 6) is 0.895. The molecule has 0 bridgehead atoms. The first kappa shape index (κ1) is 23.4. The molecule has 0 amide bonds. The predicted octanol–water partition coefficient (Wildman–Crippen LogP) is 6.67. The van der Waals surface area contributed by atoms with Gasteiger partial charge in [0.15, 0.2) is 0 Å². The summed E-state index contributed by atoms with van der Waals surface area (Å²) < 4.78 is 0. The van der Waals surface area contributed by atoms with E-state index in [2.05, 4.69) is 34.1 Å². The maximum Gasteiger partial charge on any atom is 0.109 e. The molecule has 1 nitrogen and oxygen atoms in total. The van der Waals surface area contributed by atoms with E-state index in [4.69, 9.17) is 0 Å². The first-order valence-electron chi connectivity index (χ1n) is 12.6. The molecule has 1 unspecified atom stereocenters. The lowest BCUT2D eigenvalue weighted by atomic mass is 9.62. The SMILES string of the molecule is CCCC[B]CCCC1CCC[B]CCCNC12CCCC[B]CCCC2. The fourth-order valence-corrected chi connectivity index (χ4v) is 5.39. The van der Waals surface area contributed by atoms with Gasteiger partial charge in [-0.05, 0) is 44.6 Å². The number of unbranched alkanes of at least 4 members (excludes halogenated alkanes) is 1. The fraction of sp³-hybridized carbons (Fsp3) is 1.00. The lowest BCUT2D eigenvalue weighted by Crippen LogP contribution is -2.52. The van der Waals surface area contributed by atoms with Crippen molar-refractivity contribution in [1.29, 1.82) is 0 Å². The van der Waals surface area contributed by atoms with Gasteiger partial charge in [-0.15, -0.1) is 0 Å². The molecule has 0 aromatic carbocycles. The maximum atomic E-state index is 4.19. The summed E-state index contributed by atoms with van der Waals surface area (Å²) in [5, 5.41) is 4.19. The molecule has 2 aliphatic rings. The molecule has 0 aromatic rings. The van der Waals surface area contributed by atoms with Crippen LogP contribution in [0.5, 0.6) is 0 Å². The van der Waals surface area contributed by atoms with Gasteiger partial charge in [0.05, 0.1) is 0 Å². The molecule has 0 aliphatic carbocycles. The van der Waals surface area contributed by atoms with Crippen LogP contribution in [0.25, 0.3) is 0 Å². The third-order valence-electron chi connectivity index (χ3n) is 7.09. The van der Waals surface area contributed by atoms with E-state index < -0.39 is 0 Å². The minimum atomic E-state index is 0.443. The molecule has 27 heavy (non-hydrogen) atoms. The molecule has 2 heterocycles. The highest BCUT2D eigenvalue weighted by atomic mass is 15.0. The zero-order valence-electron chi connectivity index (χ0n) is 18.5. The van der Waals surface area contributed by atoms with E-state index in [1.54, 1.807) is 0 Å². The lowest BCUT2D eigenvalue weighted by molar-refractivity contribution is 0.147. The molecule has 3 radical (unpaired) electrons. The summed E-state index contributed by atoms with van der Waals surface area (Å²) in [6, 6.07) is 0. The van der Waals surface area contributed by atoms with Crippen molar-refractivity contribution in [2.45, 2.75) is 134 Å². The maximum absolute atomic E-state index is 4.19. The van der Waals surface area contributed by atoms with Crippen LogP contribution >= 0.6 is 0 Å². The third kappa shape index (κ3) is 9.46. The highest BCUT2D eigenvalue weighted by Gasteiger charge is 2.36. The summed E-state index contributed by atoms with van der Waals surface area (Å²) in [6.07, 6.45) is 26.3. The Morgan fingerprint density at radius 3 is 2.26 bits per heavy atom.